The lowest BCUT2D eigenvalue weighted by Gasteiger charge is -2.31. The van der Waals surface area contributed by atoms with Gasteiger partial charge in [0.15, 0.2) is 0 Å². The Balaban J connectivity index is 1.58. The number of ether oxygens (including phenoxy) is 1. The number of nitrogens with one attached hydrogen (secondary N) is 2. The van der Waals surface area contributed by atoms with Gasteiger partial charge >= 0.3 is 6.03 Å². The highest BCUT2D eigenvalue weighted by Crippen LogP contribution is 2.20. The Labute approximate surface area is 146 Å². The zero-order valence-electron chi connectivity index (χ0n) is 13.8. The predicted molar refractivity (Wildman–Crippen MR) is 94.9 cm³/mol. The first-order valence-corrected chi connectivity index (χ1v) is 9.73. The van der Waals surface area contributed by atoms with E-state index in [2.05, 4.69) is 15.6 Å². The third-order valence-electron chi connectivity index (χ3n) is 3.94. The summed E-state index contributed by atoms with van der Waals surface area (Å²) in [6.07, 6.45) is 2.46. The van der Waals surface area contributed by atoms with Gasteiger partial charge in [-0.15, -0.1) is 0 Å². The third-order valence-corrected chi connectivity index (χ3v) is 5.21. The van der Waals surface area contributed by atoms with E-state index in [-0.39, 0.29) is 19.2 Å². The van der Waals surface area contributed by atoms with Crippen molar-refractivity contribution >= 4 is 32.6 Å². The molecule has 0 saturated carbocycles. The molecular formula is C16H20N4O4S. The number of benzene rings is 1. The van der Waals surface area contributed by atoms with Crippen LogP contribution in [0.5, 0.6) is 0 Å². The lowest BCUT2D eigenvalue weighted by atomic mass is 10.2. The summed E-state index contributed by atoms with van der Waals surface area (Å²) in [5.74, 6) is 0. The van der Waals surface area contributed by atoms with Gasteiger partial charge in [-0.25, -0.2) is 13.2 Å². The van der Waals surface area contributed by atoms with E-state index in [9.17, 15) is 13.2 Å². The monoisotopic (exact) mass is 364 g/mol. The lowest BCUT2D eigenvalue weighted by molar-refractivity contribution is 0.00167. The predicted octanol–water partition coefficient (Wildman–Crippen LogP) is 1.02. The largest absolute Gasteiger partial charge is 0.374 e. The fourth-order valence-corrected chi connectivity index (χ4v) is 3.54. The summed E-state index contributed by atoms with van der Waals surface area (Å²) in [5, 5.41) is 6.41. The van der Waals surface area contributed by atoms with E-state index in [0.29, 0.717) is 24.4 Å². The van der Waals surface area contributed by atoms with Gasteiger partial charge in [0.1, 0.15) is 0 Å². The number of aromatic nitrogens is 1. The Hall–Kier alpha value is -2.23. The maximum absolute atomic E-state index is 12.1. The second-order valence-corrected chi connectivity index (χ2v) is 7.81. The summed E-state index contributed by atoms with van der Waals surface area (Å²) >= 11 is 0. The smallest absolute Gasteiger partial charge is 0.319 e. The van der Waals surface area contributed by atoms with Crippen molar-refractivity contribution in [3.05, 3.63) is 36.5 Å². The second kappa shape index (κ2) is 7.34. The Bertz CT molecular complexity index is 866. The highest BCUT2D eigenvalue weighted by Gasteiger charge is 2.26. The molecule has 0 unspecified atom stereocenters. The minimum atomic E-state index is -3.25. The van der Waals surface area contributed by atoms with Crippen LogP contribution in [0.25, 0.3) is 10.9 Å². The molecule has 2 amide bonds. The number of hydrogen-bond acceptors (Lipinski definition) is 5. The van der Waals surface area contributed by atoms with E-state index in [1.54, 1.807) is 12.3 Å². The molecule has 2 N–H and O–H groups in total. The molecule has 1 aliphatic heterocycles. The van der Waals surface area contributed by atoms with Gasteiger partial charge in [0, 0.05) is 31.2 Å². The van der Waals surface area contributed by atoms with E-state index in [4.69, 9.17) is 4.74 Å². The topological polar surface area (TPSA) is 101 Å². The van der Waals surface area contributed by atoms with Crippen molar-refractivity contribution < 1.29 is 17.9 Å². The van der Waals surface area contributed by atoms with E-state index >= 15 is 0 Å². The van der Waals surface area contributed by atoms with E-state index in [0.717, 1.165) is 5.39 Å². The van der Waals surface area contributed by atoms with Crippen LogP contribution in [-0.2, 0) is 14.8 Å². The number of sulfonamides is 1. The molecular weight excluding hydrogens is 344 g/mol. The number of rotatable bonds is 4. The van der Waals surface area contributed by atoms with Crippen LogP contribution >= 0.6 is 0 Å². The number of para-hydroxylation sites is 1. The standard InChI is InChI=1S/C16H20N4O4S/c1-25(22,23)20-8-9-24-13(11-20)10-18-16(21)19-14-6-2-4-12-5-3-7-17-15(12)14/h2-7,13H,8-11H2,1H3,(H2,18,19,21)/t13-/m1/s1. The Morgan fingerprint density at radius 3 is 2.96 bits per heavy atom. The van der Waals surface area contributed by atoms with Crippen LogP contribution in [0.3, 0.4) is 0 Å². The summed E-state index contributed by atoms with van der Waals surface area (Å²) in [6.45, 7) is 1.10. The number of carbonyl (C=O) groups excluding carboxylic acids is 1. The summed E-state index contributed by atoms with van der Waals surface area (Å²) in [7, 11) is -3.25. The van der Waals surface area contributed by atoms with Crippen molar-refractivity contribution in [3.63, 3.8) is 0 Å². The zero-order valence-corrected chi connectivity index (χ0v) is 14.6. The molecule has 2 aromatic rings. The maximum Gasteiger partial charge on any atom is 0.319 e. The Kier molecular flexibility index (Phi) is 5.16. The van der Waals surface area contributed by atoms with E-state index in [1.165, 1.54) is 10.6 Å². The number of fused-ring (bicyclic) bond motifs is 1. The van der Waals surface area contributed by atoms with Crippen molar-refractivity contribution in [2.75, 3.05) is 37.8 Å². The van der Waals surface area contributed by atoms with Gasteiger partial charge in [-0.05, 0) is 12.1 Å². The first kappa shape index (κ1) is 17.6. The molecule has 0 bridgehead atoms. The van der Waals surface area contributed by atoms with Crippen LogP contribution < -0.4 is 10.6 Å². The van der Waals surface area contributed by atoms with Gasteiger partial charge in [-0.1, -0.05) is 18.2 Å². The summed E-state index contributed by atoms with van der Waals surface area (Å²) < 4.78 is 30.1. The highest BCUT2D eigenvalue weighted by molar-refractivity contribution is 7.88. The quantitative estimate of drug-likeness (QED) is 0.843. The minimum Gasteiger partial charge on any atom is -0.374 e. The molecule has 3 rings (SSSR count). The maximum atomic E-state index is 12.1. The Morgan fingerprint density at radius 2 is 2.16 bits per heavy atom. The number of hydrogen-bond donors (Lipinski definition) is 2. The fraction of sp³-hybridized carbons (Fsp3) is 0.375. The van der Waals surface area contributed by atoms with Crippen LogP contribution in [0, 0.1) is 0 Å². The molecule has 9 heteroatoms. The molecule has 1 atom stereocenters. The van der Waals surface area contributed by atoms with Crippen molar-refractivity contribution in [1.29, 1.82) is 0 Å². The average Bonchev–Trinajstić information content (AvgIpc) is 2.60. The number of urea groups is 1. The van der Waals surface area contributed by atoms with Gasteiger partial charge in [-0.2, -0.15) is 4.31 Å². The SMILES string of the molecule is CS(=O)(=O)N1CCO[C@H](CNC(=O)Nc2cccc3cccnc23)C1. The molecule has 1 aliphatic rings. The van der Waals surface area contributed by atoms with Crippen LogP contribution in [0.15, 0.2) is 36.5 Å². The number of nitrogens with zero attached hydrogens (tertiary/aromatic N) is 2. The molecule has 25 heavy (non-hydrogen) atoms. The summed E-state index contributed by atoms with van der Waals surface area (Å²) in [4.78, 5) is 16.4. The summed E-state index contributed by atoms with van der Waals surface area (Å²) in [5.41, 5.74) is 1.32. The van der Waals surface area contributed by atoms with Crippen molar-refractivity contribution in [3.8, 4) is 0 Å². The molecule has 134 valence electrons. The molecule has 1 saturated heterocycles. The molecule has 0 spiro atoms. The Morgan fingerprint density at radius 1 is 1.36 bits per heavy atom. The van der Waals surface area contributed by atoms with Crippen LogP contribution in [0.1, 0.15) is 0 Å². The number of pyridine rings is 1. The van der Waals surface area contributed by atoms with Crippen molar-refractivity contribution in [1.82, 2.24) is 14.6 Å². The second-order valence-electron chi connectivity index (χ2n) is 5.83. The van der Waals surface area contributed by atoms with Gasteiger partial charge in [0.05, 0.1) is 30.2 Å². The molecule has 1 aromatic heterocycles. The number of anilines is 1. The van der Waals surface area contributed by atoms with Crippen molar-refractivity contribution in [2.24, 2.45) is 0 Å². The average molecular weight is 364 g/mol. The molecule has 2 heterocycles. The number of morpholine rings is 1. The van der Waals surface area contributed by atoms with Gasteiger partial charge in [-0.3, -0.25) is 4.98 Å². The molecule has 0 radical (unpaired) electrons. The zero-order chi connectivity index (χ0) is 17.9. The molecule has 8 nitrogen and oxygen atoms in total. The first-order chi connectivity index (χ1) is 11.9. The van der Waals surface area contributed by atoms with Crippen LogP contribution in [0.2, 0.25) is 0 Å². The van der Waals surface area contributed by atoms with Gasteiger partial charge in [0.25, 0.3) is 0 Å². The number of amides is 2. The molecule has 1 aromatic carbocycles. The van der Waals surface area contributed by atoms with Gasteiger partial charge < -0.3 is 15.4 Å². The molecule has 1 fully saturated rings. The highest BCUT2D eigenvalue weighted by atomic mass is 32.2. The minimum absolute atomic E-state index is 0.218. The normalized spacial score (nSPS) is 18.8. The van der Waals surface area contributed by atoms with Crippen molar-refractivity contribution in [2.45, 2.75) is 6.10 Å². The third kappa shape index (κ3) is 4.44. The lowest BCUT2D eigenvalue weighted by Crippen LogP contribution is -2.49. The van der Waals surface area contributed by atoms with Crippen LogP contribution in [0.4, 0.5) is 10.5 Å². The first-order valence-electron chi connectivity index (χ1n) is 7.89. The number of carbonyl (C=O) groups is 1. The van der Waals surface area contributed by atoms with Crippen LogP contribution in [-0.4, -0.2) is 62.3 Å². The molecule has 0 aliphatic carbocycles. The van der Waals surface area contributed by atoms with E-state index < -0.39 is 16.1 Å². The van der Waals surface area contributed by atoms with E-state index in [1.807, 2.05) is 24.3 Å². The summed E-state index contributed by atoms with van der Waals surface area (Å²) in [6, 6.07) is 8.89. The van der Waals surface area contributed by atoms with Gasteiger partial charge in [0.2, 0.25) is 10.0 Å². The fourth-order valence-electron chi connectivity index (χ4n) is 2.70.